The summed E-state index contributed by atoms with van der Waals surface area (Å²) in [5, 5.41) is 15.4. The summed E-state index contributed by atoms with van der Waals surface area (Å²) >= 11 is 0. The minimum atomic E-state index is 0.627. The second-order valence-electron chi connectivity index (χ2n) is 5.24. The molecule has 24 heavy (non-hydrogen) atoms. The van der Waals surface area contributed by atoms with Crippen molar-refractivity contribution < 1.29 is 0 Å². The molecule has 0 aliphatic rings. The Morgan fingerprint density at radius 2 is 1.67 bits per heavy atom. The highest BCUT2D eigenvalue weighted by molar-refractivity contribution is 5.65. The Labute approximate surface area is 141 Å². The topological polar surface area (TPSA) is 73.6 Å². The van der Waals surface area contributed by atoms with Crippen molar-refractivity contribution in [3.05, 3.63) is 72.1 Å². The third kappa shape index (κ3) is 3.68. The zero-order valence-electron chi connectivity index (χ0n) is 13.3. The number of hydrogen-bond donors (Lipinski definition) is 2. The van der Waals surface area contributed by atoms with Crippen LogP contribution in [0.1, 0.15) is 18.1 Å². The second-order valence-corrected chi connectivity index (χ2v) is 5.24. The number of nitriles is 1. The van der Waals surface area contributed by atoms with Crippen LogP contribution in [0.25, 0.3) is 0 Å². The van der Waals surface area contributed by atoms with Crippen LogP contribution < -0.4 is 10.6 Å². The summed E-state index contributed by atoms with van der Waals surface area (Å²) < 4.78 is 0. The van der Waals surface area contributed by atoms with Gasteiger partial charge in [0.05, 0.1) is 11.6 Å². The first kappa shape index (κ1) is 15.5. The number of para-hydroxylation sites is 1. The zero-order valence-corrected chi connectivity index (χ0v) is 13.3. The molecule has 0 saturated heterocycles. The molecule has 0 bridgehead atoms. The Morgan fingerprint density at radius 3 is 2.38 bits per heavy atom. The van der Waals surface area contributed by atoms with Gasteiger partial charge in [-0.2, -0.15) is 5.26 Å². The molecule has 3 rings (SSSR count). The van der Waals surface area contributed by atoms with Crippen molar-refractivity contribution in [2.45, 2.75) is 13.3 Å². The molecule has 0 spiro atoms. The fraction of sp³-hybridized carbons (Fsp3) is 0.105. The maximum absolute atomic E-state index is 8.84. The number of hydrogen-bond acceptors (Lipinski definition) is 5. The molecular formula is C19H17N5. The van der Waals surface area contributed by atoms with Gasteiger partial charge in [-0.1, -0.05) is 25.1 Å². The first-order chi connectivity index (χ1) is 11.8. The molecule has 0 amide bonds. The third-order valence-electron chi connectivity index (χ3n) is 3.61. The number of rotatable bonds is 5. The van der Waals surface area contributed by atoms with E-state index in [2.05, 4.69) is 39.7 Å². The molecule has 5 heteroatoms. The van der Waals surface area contributed by atoms with Gasteiger partial charge in [-0.25, -0.2) is 9.97 Å². The van der Waals surface area contributed by atoms with Crippen molar-refractivity contribution in [2.75, 3.05) is 10.6 Å². The summed E-state index contributed by atoms with van der Waals surface area (Å²) in [7, 11) is 0. The highest BCUT2D eigenvalue weighted by Crippen LogP contribution is 2.22. The van der Waals surface area contributed by atoms with Crippen molar-refractivity contribution >= 4 is 23.0 Å². The van der Waals surface area contributed by atoms with Crippen molar-refractivity contribution in [3.63, 3.8) is 0 Å². The lowest BCUT2D eigenvalue weighted by atomic mass is 10.1. The average Bonchev–Trinajstić information content (AvgIpc) is 2.63. The Balaban J connectivity index is 1.77. The molecule has 0 aliphatic heterocycles. The highest BCUT2D eigenvalue weighted by Gasteiger charge is 2.03. The van der Waals surface area contributed by atoms with E-state index in [1.807, 2.05) is 36.4 Å². The molecule has 118 valence electrons. The van der Waals surface area contributed by atoms with Gasteiger partial charge in [0.2, 0.25) is 0 Å². The maximum atomic E-state index is 8.84. The van der Waals surface area contributed by atoms with Gasteiger partial charge < -0.3 is 10.6 Å². The SMILES string of the molecule is CCc1ccccc1Nc1cc(Nc2ccc(C#N)cc2)ncn1. The van der Waals surface area contributed by atoms with Crippen molar-refractivity contribution in [1.29, 1.82) is 5.26 Å². The summed E-state index contributed by atoms with van der Waals surface area (Å²) in [6, 6.07) is 19.3. The van der Waals surface area contributed by atoms with E-state index in [-0.39, 0.29) is 0 Å². The molecular weight excluding hydrogens is 298 g/mol. The zero-order chi connectivity index (χ0) is 16.8. The first-order valence-corrected chi connectivity index (χ1v) is 7.72. The van der Waals surface area contributed by atoms with E-state index in [9.17, 15) is 0 Å². The molecule has 1 aromatic heterocycles. The van der Waals surface area contributed by atoms with Crippen molar-refractivity contribution in [2.24, 2.45) is 0 Å². The van der Waals surface area contributed by atoms with Crippen LogP contribution in [0.4, 0.5) is 23.0 Å². The first-order valence-electron chi connectivity index (χ1n) is 7.72. The molecule has 0 fully saturated rings. The normalized spacial score (nSPS) is 10.0. The minimum absolute atomic E-state index is 0.627. The summed E-state index contributed by atoms with van der Waals surface area (Å²) in [6.07, 6.45) is 2.47. The predicted molar refractivity (Wildman–Crippen MR) is 95.6 cm³/mol. The molecule has 0 unspecified atom stereocenters. The van der Waals surface area contributed by atoms with Gasteiger partial charge >= 0.3 is 0 Å². The lowest BCUT2D eigenvalue weighted by Crippen LogP contribution is -2.00. The number of nitrogens with one attached hydrogen (secondary N) is 2. The van der Waals surface area contributed by atoms with Gasteiger partial charge in [-0.3, -0.25) is 0 Å². The van der Waals surface area contributed by atoms with Gasteiger partial charge in [-0.15, -0.1) is 0 Å². The highest BCUT2D eigenvalue weighted by atomic mass is 15.1. The number of aromatic nitrogens is 2. The summed E-state index contributed by atoms with van der Waals surface area (Å²) in [6.45, 7) is 2.12. The number of aryl methyl sites for hydroxylation is 1. The lowest BCUT2D eigenvalue weighted by molar-refractivity contribution is 1.13. The summed E-state index contributed by atoms with van der Waals surface area (Å²) in [5.41, 5.74) is 3.77. The maximum Gasteiger partial charge on any atom is 0.135 e. The van der Waals surface area contributed by atoms with Gasteiger partial charge in [0.1, 0.15) is 18.0 Å². The average molecular weight is 315 g/mol. The van der Waals surface area contributed by atoms with E-state index in [0.717, 1.165) is 23.6 Å². The van der Waals surface area contributed by atoms with Gasteiger partial charge in [0.15, 0.2) is 0 Å². The molecule has 0 atom stereocenters. The Morgan fingerprint density at radius 1 is 0.958 bits per heavy atom. The van der Waals surface area contributed by atoms with E-state index in [4.69, 9.17) is 5.26 Å². The summed E-state index contributed by atoms with van der Waals surface area (Å²) in [4.78, 5) is 8.51. The van der Waals surface area contributed by atoms with Crippen LogP contribution in [-0.2, 0) is 6.42 Å². The fourth-order valence-corrected chi connectivity index (χ4v) is 2.36. The molecule has 0 saturated carbocycles. The Hall–Kier alpha value is -3.39. The Bertz CT molecular complexity index is 865. The molecule has 0 aliphatic carbocycles. The molecule has 5 nitrogen and oxygen atoms in total. The van der Waals surface area contributed by atoms with E-state index >= 15 is 0 Å². The van der Waals surface area contributed by atoms with Crippen LogP contribution in [0.5, 0.6) is 0 Å². The van der Waals surface area contributed by atoms with Crippen LogP contribution in [0, 0.1) is 11.3 Å². The van der Waals surface area contributed by atoms with E-state index in [0.29, 0.717) is 11.4 Å². The molecule has 2 N–H and O–H groups in total. The second kappa shape index (κ2) is 7.25. The smallest absolute Gasteiger partial charge is 0.135 e. The van der Waals surface area contributed by atoms with Crippen LogP contribution in [0.3, 0.4) is 0 Å². The Kier molecular flexibility index (Phi) is 4.68. The van der Waals surface area contributed by atoms with Gasteiger partial charge in [-0.05, 0) is 42.3 Å². The third-order valence-corrected chi connectivity index (χ3v) is 3.61. The van der Waals surface area contributed by atoms with Crippen LogP contribution in [0.2, 0.25) is 0 Å². The molecule has 3 aromatic rings. The van der Waals surface area contributed by atoms with Gasteiger partial charge in [0, 0.05) is 17.4 Å². The van der Waals surface area contributed by atoms with E-state index in [1.54, 1.807) is 12.1 Å². The molecule has 2 aromatic carbocycles. The number of anilines is 4. The van der Waals surface area contributed by atoms with Crippen molar-refractivity contribution in [1.82, 2.24) is 9.97 Å². The molecule has 1 heterocycles. The summed E-state index contributed by atoms with van der Waals surface area (Å²) in [5.74, 6) is 1.41. The van der Waals surface area contributed by atoms with Crippen LogP contribution >= 0.6 is 0 Å². The quantitative estimate of drug-likeness (QED) is 0.730. The fourth-order valence-electron chi connectivity index (χ4n) is 2.36. The largest absolute Gasteiger partial charge is 0.340 e. The van der Waals surface area contributed by atoms with Crippen molar-refractivity contribution in [3.8, 4) is 6.07 Å². The standard InChI is InChI=1S/C19H17N5/c1-2-15-5-3-4-6-17(15)24-19-11-18(21-13-22-19)23-16-9-7-14(12-20)8-10-16/h3-11,13H,2H2,1H3,(H2,21,22,23,24). The minimum Gasteiger partial charge on any atom is -0.340 e. The van der Waals surface area contributed by atoms with E-state index in [1.165, 1.54) is 11.9 Å². The monoisotopic (exact) mass is 315 g/mol. The van der Waals surface area contributed by atoms with Crippen LogP contribution in [-0.4, -0.2) is 9.97 Å². The number of benzene rings is 2. The predicted octanol–water partition coefficient (Wildman–Crippen LogP) is 4.40. The number of nitrogens with zero attached hydrogens (tertiary/aromatic N) is 3. The van der Waals surface area contributed by atoms with E-state index < -0.39 is 0 Å². The van der Waals surface area contributed by atoms with Crippen LogP contribution in [0.15, 0.2) is 60.9 Å². The van der Waals surface area contributed by atoms with Gasteiger partial charge in [0.25, 0.3) is 0 Å². The lowest BCUT2D eigenvalue weighted by Gasteiger charge is -2.11. The molecule has 0 radical (unpaired) electrons.